The largest absolute Gasteiger partial charge is 0.378 e. The van der Waals surface area contributed by atoms with E-state index in [1.165, 1.54) is 16.8 Å². The summed E-state index contributed by atoms with van der Waals surface area (Å²) in [7, 11) is 5.99. The topological polar surface area (TPSA) is 42.9 Å². The van der Waals surface area contributed by atoms with Gasteiger partial charge in [0, 0.05) is 59.1 Å². The third-order valence-corrected chi connectivity index (χ3v) is 5.56. The molecular weight excluding hydrogens is 358 g/mol. The maximum Gasteiger partial charge on any atom is 0.191 e. The lowest BCUT2D eigenvalue weighted by molar-refractivity contribution is 0.198. The third kappa shape index (κ3) is 6.79. The van der Waals surface area contributed by atoms with Gasteiger partial charge in [-0.3, -0.25) is 9.89 Å². The zero-order valence-electron chi connectivity index (χ0n) is 18.1. The number of guanidine groups is 1. The molecule has 0 atom stereocenters. The fourth-order valence-corrected chi connectivity index (χ4v) is 3.75. The van der Waals surface area contributed by atoms with E-state index in [1.807, 2.05) is 7.05 Å². The quantitative estimate of drug-likeness (QED) is 0.560. The van der Waals surface area contributed by atoms with E-state index in [0.29, 0.717) is 6.04 Å². The first-order valence-corrected chi connectivity index (χ1v) is 10.6. The Morgan fingerprint density at radius 3 is 2.31 bits per heavy atom. The molecule has 0 radical (unpaired) electrons. The molecule has 0 spiro atoms. The van der Waals surface area contributed by atoms with E-state index in [1.54, 1.807) is 0 Å². The molecular formula is C24H35N5. The number of rotatable bonds is 7. The molecule has 5 heteroatoms. The maximum atomic E-state index is 4.41. The molecule has 1 fully saturated rings. The van der Waals surface area contributed by atoms with Gasteiger partial charge < -0.3 is 15.5 Å². The van der Waals surface area contributed by atoms with Gasteiger partial charge in [-0.1, -0.05) is 42.5 Å². The number of likely N-dealkylation sites (tertiary alicyclic amines) is 1. The minimum absolute atomic E-state index is 0.493. The summed E-state index contributed by atoms with van der Waals surface area (Å²) in [4.78, 5) is 9.08. The molecule has 5 nitrogen and oxygen atoms in total. The fourth-order valence-electron chi connectivity index (χ4n) is 3.75. The van der Waals surface area contributed by atoms with Crippen molar-refractivity contribution in [2.45, 2.75) is 31.8 Å². The molecule has 0 aliphatic carbocycles. The minimum atomic E-state index is 0.493. The molecule has 2 N–H and O–H groups in total. The fraction of sp³-hybridized carbons (Fsp3) is 0.458. The highest BCUT2D eigenvalue weighted by Crippen LogP contribution is 2.14. The zero-order chi connectivity index (χ0) is 20.5. The van der Waals surface area contributed by atoms with Crippen LogP contribution in [0.5, 0.6) is 0 Å². The van der Waals surface area contributed by atoms with E-state index in [2.05, 4.69) is 94.1 Å². The molecule has 1 heterocycles. The van der Waals surface area contributed by atoms with Crippen LogP contribution in [0, 0.1) is 0 Å². The highest BCUT2D eigenvalue weighted by molar-refractivity contribution is 5.79. The summed E-state index contributed by atoms with van der Waals surface area (Å²) < 4.78 is 0. The Hall–Kier alpha value is -2.53. The summed E-state index contributed by atoms with van der Waals surface area (Å²) in [5, 5.41) is 7.07. The lowest BCUT2D eigenvalue weighted by atomic mass is 10.0. The van der Waals surface area contributed by atoms with Crippen LogP contribution in [-0.2, 0) is 13.0 Å². The minimum Gasteiger partial charge on any atom is -0.378 e. The van der Waals surface area contributed by atoms with Crippen molar-refractivity contribution in [3.05, 3.63) is 65.7 Å². The van der Waals surface area contributed by atoms with Crippen LogP contribution in [0.1, 0.15) is 24.0 Å². The summed E-state index contributed by atoms with van der Waals surface area (Å²) in [6, 6.07) is 20.0. The van der Waals surface area contributed by atoms with Crippen LogP contribution in [0.4, 0.5) is 5.69 Å². The third-order valence-electron chi connectivity index (χ3n) is 5.56. The number of hydrogen-bond acceptors (Lipinski definition) is 3. The van der Waals surface area contributed by atoms with Crippen molar-refractivity contribution in [2.75, 3.05) is 45.7 Å². The Kier molecular flexibility index (Phi) is 7.94. The Bertz CT molecular complexity index is 747. The van der Waals surface area contributed by atoms with Gasteiger partial charge in [-0.25, -0.2) is 0 Å². The van der Waals surface area contributed by atoms with Gasteiger partial charge in [-0.05, 0) is 42.5 Å². The molecule has 1 aliphatic rings. The molecule has 2 aromatic carbocycles. The Morgan fingerprint density at radius 2 is 1.69 bits per heavy atom. The van der Waals surface area contributed by atoms with Crippen LogP contribution in [-0.4, -0.2) is 57.7 Å². The van der Waals surface area contributed by atoms with Gasteiger partial charge in [0.05, 0.1) is 0 Å². The zero-order valence-corrected chi connectivity index (χ0v) is 18.1. The van der Waals surface area contributed by atoms with Crippen molar-refractivity contribution in [1.29, 1.82) is 0 Å². The van der Waals surface area contributed by atoms with Crippen LogP contribution in [0.25, 0.3) is 0 Å². The molecule has 0 aromatic heterocycles. The number of aliphatic imine (C=N–C) groups is 1. The molecule has 3 rings (SSSR count). The predicted octanol–water partition coefficient (Wildman–Crippen LogP) is 3.12. The Morgan fingerprint density at radius 1 is 1.00 bits per heavy atom. The van der Waals surface area contributed by atoms with E-state index < -0.39 is 0 Å². The van der Waals surface area contributed by atoms with Crippen LogP contribution in [0.3, 0.4) is 0 Å². The first-order valence-electron chi connectivity index (χ1n) is 10.6. The van der Waals surface area contributed by atoms with Crippen LogP contribution < -0.4 is 15.5 Å². The molecule has 1 saturated heterocycles. The highest BCUT2D eigenvalue weighted by Gasteiger charge is 2.19. The van der Waals surface area contributed by atoms with E-state index in [4.69, 9.17) is 0 Å². The van der Waals surface area contributed by atoms with Gasteiger partial charge in [-0.15, -0.1) is 0 Å². The molecule has 29 heavy (non-hydrogen) atoms. The molecule has 156 valence electrons. The Balaban J connectivity index is 1.37. The normalized spacial score (nSPS) is 15.9. The molecule has 2 aromatic rings. The standard InChI is InChI=1S/C24H35N5/c1-25-24(26-16-13-20-9-11-23(12-10-20)28(2)3)27-22-14-17-29(18-15-22)19-21-7-5-4-6-8-21/h4-12,22H,13-19H2,1-3H3,(H2,25,26,27). The monoisotopic (exact) mass is 393 g/mol. The summed E-state index contributed by atoms with van der Waals surface area (Å²) in [6.45, 7) is 4.19. The van der Waals surface area contributed by atoms with Crippen molar-refractivity contribution in [1.82, 2.24) is 15.5 Å². The van der Waals surface area contributed by atoms with Gasteiger partial charge in [0.15, 0.2) is 5.96 Å². The number of hydrogen-bond donors (Lipinski definition) is 2. The SMILES string of the molecule is CN=C(NCCc1ccc(N(C)C)cc1)NC1CCN(Cc2ccccc2)CC1. The second kappa shape index (κ2) is 10.9. The van der Waals surface area contributed by atoms with Crippen LogP contribution in [0.2, 0.25) is 0 Å². The van der Waals surface area contributed by atoms with Crippen LogP contribution in [0.15, 0.2) is 59.6 Å². The summed E-state index contributed by atoms with van der Waals surface area (Å²) in [5.41, 5.74) is 3.97. The average molecular weight is 394 g/mol. The lowest BCUT2D eigenvalue weighted by Crippen LogP contribution is -2.48. The van der Waals surface area contributed by atoms with Crippen molar-refractivity contribution in [3.63, 3.8) is 0 Å². The van der Waals surface area contributed by atoms with Gasteiger partial charge in [-0.2, -0.15) is 0 Å². The number of benzene rings is 2. The number of nitrogens with zero attached hydrogens (tertiary/aromatic N) is 3. The van der Waals surface area contributed by atoms with Crippen molar-refractivity contribution >= 4 is 11.6 Å². The molecule has 0 unspecified atom stereocenters. The number of piperidine rings is 1. The average Bonchev–Trinajstić information content (AvgIpc) is 2.75. The van der Waals surface area contributed by atoms with Crippen molar-refractivity contribution in [2.24, 2.45) is 4.99 Å². The summed E-state index contributed by atoms with van der Waals surface area (Å²) in [5.74, 6) is 0.913. The van der Waals surface area contributed by atoms with E-state index in [0.717, 1.165) is 51.4 Å². The predicted molar refractivity (Wildman–Crippen MR) is 124 cm³/mol. The summed E-state index contributed by atoms with van der Waals surface area (Å²) >= 11 is 0. The molecule has 0 amide bonds. The van der Waals surface area contributed by atoms with E-state index in [9.17, 15) is 0 Å². The van der Waals surface area contributed by atoms with Crippen molar-refractivity contribution < 1.29 is 0 Å². The Labute approximate surface area is 175 Å². The van der Waals surface area contributed by atoms with Gasteiger partial charge in [0.1, 0.15) is 0 Å². The maximum absolute atomic E-state index is 4.41. The first-order chi connectivity index (χ1) is 14.1. The molecule has 0 bridgehead atoms. The lowest BCUT2D eigenvalue weighted by Gasteiger charge is -2.33. The highest BCUT2D eigenvalue weighted by atomic mass is 15.2. The van der Waals surface area contributed by atoms with E-state index >= 15 is 0 Å². The molecule has 0 saturated carbocycles. The van der Waals surface area contributed by atoms with E-state index in [-0.39, 0.29) is 0 Å². The first kappa shape index (κ1) is 21.2. The van der Waals surface area contributed by atoms with Crippen molar-refractivity contribution in [3.8, 4) is 0 Å². The number of anilines is 1. The smallest absolute Gasteiger partial charge is 0.191 e. The van der Waals surface area contributed by atoms with Gasteiger partial charge in [0.2, 0.25) is 0 Å². The second-order valence-corrected chi connectivity index (χ2v) is 7.99. The second-order valence-electron chi connectivity index (χ2n) is 7.99. The van der Waals surface area contributed by atoms with Gasteiger partial charge in [0.25, 0.3) is 0 Å². The van der Waals surface area contributed by atoms with Crippen LogP contribution >= 0.6 is 0 Å². The summed E-state index contributed by atoms with van der Waals surface area (Å²) in [6.07, 6.45) is 3.29. The molecule has 1 aliphatic heterocycles. The number of nitrogens with one attached hydrogen (secondary N) is 2. The van der Waals surface area contributed by atoms with Gasteiger partial charge >= 0.3 is 0 Å².